The molecule has 1 atom stereocenters. The minimum atomic E-state index is -4.12. The number of halogens is 2. The van der Waals surface area contributed by atoms with Crippen molar-refractivity contribution in [1.29, 1.82) is 0 Å². The molecule has 0 spiro atoms. The van der Waals surface area contributed by atoms with Gasteiger partial charge in [0.2, 0.25) is 11.8 Å². The summed E-state index contributed by atoms with van der Waals surface area (Å²) in [6, 6.07) is 19.2. The number of nitrogens with one attached hydrogen (secondary N) is 1. The number of amides is 2. The van der Waals surface area contributed by atoms with Gasteiger partial charge in [-0.3, -0.25) is 13.9 Å². The Balaban J connectivity index is 2.05. The van der Waals surface area contributed by atoms with Gasteiger partial charge in [0.05, 0.1) is 20.6 Å². The van der Waals surface area contributed by atoms with Crippen molar-refractivity contribution in [3.63, 3.8) is 0 Å². The van der Waals surface area contributed by atoms with Crippen LogP contribution in [-0.2, 0) is 32.6 Å². The highest BCUT2D eigenvalue weighted by Crippen LogP contribution is 2.29. The lowest BCUT2D eigenvalue weighted by Gasteiger charge is -2.32. The highest BCUT2D eigenvalue weighted by molar-refractivity contribution is 7.92. The molecule has 0 heterocycles. The minimum absolute atomic E-state index is 0.0284. The third kappa shape index (κ3) is 7.77. The fourth-order valence-electron chi connectivity index (χ4n) is 4.16. The number of anilines is 1. The number of sulfonamides is 1. The first-order valence-electron chi connectivity index (χ1n) is 13.1. The van der Waals surface area contributed by atoms with Gasteiger partial charge in [-0.05, 0) is 60.7 Å². The quantitative estimate of drug-likeness (QED) is 0.277. The second kappa shape index (κ2) is 14.0. The van der Waals surface area contributed by atoms with Crippen LogP contribution in [-0.4, -0.2) is 44.3 Å². The number of para-hydroxylation sites is 1. The molecule has 0 radical (unpaired) electrons. The van der Waals surface area contributed by atoms with Crippen LogP contribution in [0.2, 0.25) is 10.0 Å². The Morgan fingerprint density at radius 3 is 2.17 bits per heavy atom. The van der Waals surface area contributed by atoms with Gasteiger partial charge in [0.15, 0.2) is 0 Å². The van der Waals surface area contributed by atoms with Gasteiger partial charge in [-0.25, -0.2) is 8.42 Å². The summed E-state index contributed by atoms with van der Waals surface area (Å²) in [5.41, 5.74) is 1.83. The molecule has 0 aliphatic carbocycles. The van der Waals surface area contributed by atoms with Gasteiger partial charge < -0.3 is 10.2 Å². The lowest BCUT2D eigenvalue weighted by Crippen LogP contribution is -2.51. The van der Waals surface area contributed by atoms with E-state index in [9.17, 15) is 18.0 Å². The third-order valence-electron chi connectivity index (χ3n) is 6.44. The largest absolute Gasteiger partial charge is 0.354 e. The Hall–Kier alpha value is -3.07. The third-order valence-corrected chi connectivity index (χ3v) is 8.95. The van der Waals surface area contributed by atoms with E-state index in [1.807, 2.05) is 32.9 Å². The lowest BCUT2D eigenvalue weighted by atomic mass is 10.1. The summed E-state index contributed by atoms with van der Waals surface area (Å²) in [6.07, 6.45) is 0.562. The maximum atomic E-state index is 14.0. The first kappa shape index (κ1) is 31.5. The smallest absolute Gasteiger partial charge is 0.264 e. The van der Waals surface area contributed by atoms with Crippen LogP contribution in [0.3, 0.4) is 0 Å². The topological polar surface area (TPSA) is 86.8 Å². The molecule has 0 aromatic heterocycles. The monoisotopic (exact) mass is 603 g/mol. The van der Waals surface area contributed by atoms with Gasteiger partial charge in [0.25, 0.3) is 10.0 Å². The van der Waals surface area contributed by atoms with E-state index < -0.39 is 28.5 Å². The first-order valence-corrected chi connectivity index (χ1v) is 15.3. The predicted molar refractivity (Wildman–Crippen MR) is 161 cm³/mol. The number of hydrogen-bond acceptors (Lipinski definition) is 4. The lowest BCUT2D eigenvalue weighted by molar-refractivity contribution is -0.139. The van der Waals surface area contributed by atoms with Gasteiger partial charge >= 0.3 is 0 Å². The van der Waals surface area contributed by atoms with E-state index in [-0.39, 0.29) is 23.3 Å². The predicted octanol–water partition coefficient (Wildman–Crippen LogP) is 5.94. The molecule has 0 saturated heterocycles. The van der Waals surface area contributed by atoms with Crippen LogP contribution in [0, 0.1) is 5.92 Å². The number of aryl methyl sites for hydroxylation is 1. The van der Waals surface area contributed by atoms with E-state index in [4.69, 9.17) is 23.2 Å². The van der Waals surface area contributed by atoms with E-state index >= 15 is 0 Å². The van der Waals surface area contributed by atoms with Crippen molar-refractivity contribution in [2.24, 2.45) is 5.92 Å². The molecule has 0 bridgehead atoms. The van der Waals surface area contributed by atoms with Crippen molar-refractivity contribution < 1.29 is 18.0 Å². The van der Waals surface area contributed by atoms with Crippen LogP contribution in [0.1, 0.15) is 38.8 Å². The molecule has 2 amide bonds. The zero-order valence-electron chi connectivity index (χ0n) is 23.1. The summed E-state index contributed by atoms with van der Waals surface area (Å²) in [4.78, 5) is 28.6. The Kier molecular flexibility index (Phi) is 11.0. The Morgan fingerprint density at radius 1 is 0.900 bits per heavy atom. The molecule has 0 aliphatic rings. The summed E-state index contributed by atoms with van der Waals surface area (Å²) in [5, 5.41) is 3.55. The normalized spacial score (nSPS) is 12.2. The second-order valence-corrected chi connectivity index (χ2v) is 12.6. The van der Waals surface area contributed by atoms with Crippen molar-refractivity contribution in [3.8, 4) is 0 Å². The molecule has 0 fully saturated rings. The SMILES string of the molecule is CCc1ccccc1N(CC(=O)N(Cc1ccc(Cl)c(Cl)c1)C(C)C(=O)NCC(C)C)S(=O)(=O)c1ccccc1. The molecule has 1 unspecified atom stereocenters. The molecule has 3 aromatic carbocycles. The van der Waals surface area contributed by atoms with Crippen LogP contribution in [0.4, 0.5) is 5.69 Å². The second-order valence-electron chi connectivity index (χ2n) is 9.89. The maximum absolute atomic E-state index is 14.0. The van der Waals surface area contributed by atoms with Crippen LogP contribution >= 0.6 is 23.2 Å². The zero-order chi connectivity index (χ0) is 29.4. The minimum Gasteiger partial charge on any atom is -0.354 e. The van der Waals surface area contributed by atoms with E-state index in [2.05, 4.69) is 5.32 Å². The van der Waals surface area contributed by atoms with Crippen LogP contribution in [0.15, 0.2) is 77.7 Å². The summed E-state index contributed by atoms with van der Waals surface area (Å²) >= 11 is 12.3. The molecular weight excluding hydrogens is 569 g/mol. The molecule has 214 valence electrons. The molecule has 0 aliphatic heterocycles. The molecule has 40 heavy (non-hydrogen) atoms. The number of rotatable bonds is 12. The van der Waals surface area contributed by atoms with Gasteiger partial charge in [0, 0.05) is 13.1 Å². The summed E-state index contributed by atoms with van der Waals surface area (Å²) in [6.45, 7) is 7.46. The van der Waals surface area contributed by atoms with E-state index in [1.165, 1.54) is 17.0 Å². The van der Waals surface area contributed by atoms with Gasteiger partial charge in [0.1, 0.15) is 12.6 Å². The fourth-order valence-corrected chi connectivity index (χ4v) is 5.95. The molecule has 3 aromatic rings. The highest BCUT2D eigenvalue weighted by Gasteiger charge is 2.33. The zero-order valence-corrected chi connectivity index (χ0v) is 25.4. The van der Waals surface area contributed by atoms with E-state index in [0.29, 0.717) is 34.3 Å². The number of benzene rings is 3. The highest BCUT2D eigenvalue weighted by atomic mass is 35.5. The van der Waals surface area contributed by atoms with Crippen LogP contribution in [0.25, 0.3) is 0 Å². The van der Waals surface area contributed by atoms with E-state index in [1.54, 1.807) is 55.5 Å². The average Bonchev–Trinajstić information content (AvgIpc) is 2.95. The molecule has 1 N–H and O–H groups in total. The molecular formula is C30H35Cl2N3O4S. The Bertz CT molecular complexity index is 1430. The van der Waals surface area contributed by atoms with Gasteiger partial charge in [-0.15, -0.1) is 0 Å². The van der Waals surface area contributed by atoms with Crippen molar-refractivity contribution in [2.45, 2.75) is 51.6 Å². The van der Waals surface area contributed by atoms with Crippen molar-refractivity contribution >= 4 is 50.7 Å². The van der Waals surface area contributed by atoms with Crippen molar-refractivity contribution in [3.05, 3.63) is 94.0 Å². The van der Waals surface area contributed by atoms with Crippen molar-refractivity contribution in [2.75, 3.05) is 17.4 Å². The maximum Gasteiger partial charge on any atom is 0.264 e. The summed E-state index contributed by atoms with van der Waals surface area (Å²) in [5.74, 6) is -0.662. The Morgan fingerprint density at radius 2 is 1.55 bits per heavy atom. The summed E-state index contributed by atoms with van der Waals surface area (Å²) < 4.78 is 29.0. The Labute approximate surface area is 247 Å². The molecule has 0 saturated carbocycles. The van der Waals surface area contributed by atoms with Crippen molar-refractivity contribution in [1.82, 2.24) is 10.2 Å². The fraction of sp³-hybridized carbons (Fsp3) is 0.333. The summed E-state index contributed by atoms with van der Waals surface area (Å²) in [7, 11) is -4.12. The van der Waals surface area contributed by atoms with E-state index in [0.717, 1.165) is 9.87 Å². The number of carbonyl (C=O) groups is 2. The molecule has 10 heteroatoms. The number of hydrogen-bond donors (Lipinski definition) is 1. The standard InChI is InChI=1S/C30H35Cl2N3O4S/c1-5-24-11-9-10-14-28(24)35(40(38,39)25-12-7-6-8-13-25)20-29(36)34(22(4)30(37)33-18-21(2)3)19-23-15-16-26(31)27(32)17-23/h6-17,21-22H,5,18-20H2,1-4H3,(H,33,37). The van der Waals surface area contributed by atoms with Crippen LogP contribution < -0.4 is 9.62 Å². The van der Waals surface area contributed by atoms with Gasteiger partial charge in [-0.1, -0.05) is 86.4 Å². The first-order chi connectivity index (χ1) is 18.9. The average molecular weight is 605 g/mol. The number of nitrogens with zero attached hydrogens (tertiary/aromatic N) is 2. The number of carbonyl (C=O) groups excluding carboxylic acids is 2. The van der Waals surface area contributed by atoms with Gasteiger partial charge in [-0.2, -0.15) is 0 Å². The van der Waals surface area contributed by atoms with Crippen LogP contribution in [0.5, 0.6) is 0 Å². The molecule has 3 rings (SSSR count). The molecule has 7 nitrogen and oxygen atoms in total.